The number of anilines is 1. The molecule has 0 saturated carbocycles. The van der Waals surface area contributed by atoms with E-state index in [0.717, 1.165) is 17.0 Å². The minimum Gasteiger partial charge on any atom is -0.468 e. The van der Waals surface area contributed by atoms with Gasteiger partial charge in [0.2, 0.25) is 10.0 Å². The van der Waals surface area contributed by atoms with Crippen molar-refractivity contribution in [3.63, 3.8) is 0 Å². The highest BCUT2D eigenvalue weighted by molar-refractivity contribution is 7.89. The molecule has 4 rings (SSSR count). The number of fused-ring (bicyclic) bond motifs is 1. The van der Waals surface area contributed by atoms with Crippen LogP contribution in [-0.2, 0) is 29.5 Å². The third-order valence-electron chi connectivity index (χ3n) is 5.50. The first kappa shape index (κ1) is 23.2. The van der Waals surface area contributed by atoms with Crippen molar-refractivity contribution >= 4 is 38.2 Å². The van der Waals surface area contributed by atoms with Gasteiger partial charge < -0.3 is 20.4 Å². The highest BCUT2D eigenvalue weighted by Crippen LogP contribution is 2.36. The molecule has 174 valence electrons. The van der Waals surface area contributed by atoms with E-state index in [2.05, 4.69) is 10.2 Å². The summed E-state index contributed by atoms with van der Waals surface area (Å²) in [5.41, 5.74) is 7.11. The van der Waals surface area contributed by atoms with Crippen molar-refractivity contribution in [3.05, 3.63) is 70.0 Å². The van der Waals surface area contributed by atoms with Gasteiger partial charge >= 0.3 is 0 Å². The van der Waals surface area contributed by atoms with Gasteiger partial charge in [-0.05, 0) is 55.4 Å². The summed E-state index contributed by atoms with van der Waals surface area (Å²) in [6, 6.07) is 9.02. The van der Waals surface area contributed by atoms with Crippen LogP contribution < -0.4 is 11.1 Å². The molecule has 2 amide bonds. The number of amides is 2. The monoisotopic (exact) mass is 488 g/mol. The molecule has 2 aromatic heterocycles. The average Bonchev–Trinajstić information content (AvgIpc) is 3.40. The van der Waals surface area contributed by atoms with Gasteiger partial charge in [-0.1, -0.05) is 0 Å². The van der Waals surface area contributed by atoms with Crippen LogP contribution >= 0.6 is 11.3 Å². The topological polar surface area (TPSA) is 126 Å². The average molecular weight is 489 g/mol. The quantitative estimate of drug-likeness (QED) is 0.526. The van der Waals surface area contributed by atoms with Gasteiger partial charge in [-0.25, -0.2) is 8.42 Å². The van der Waals surface area contributed by atoms with Gasteiger partial charge in [0.1, 0.15) is 10.8 Å². The third kappa shape index (κ3) is 4.71. The maximum Gasteiger partial charge on any atom is 0.256 e. The number of carbonyl (C=O) groups excluding carboxylic acids is 2. The largest absolute Gasteiger partial charge is 0.468 e. The molecule has 0 saturated heterocycles. The molecule has 0 spiro atoms. The van der Waals surface area contributed by atoms with Crippen LogP contribution in [0.4, 0.5) is 5.00 Å². The summed E-state index contributed by atoms with van der Waals surface area (Å²) in [4.78, 5) is 28.1. The first-order chi connectivity index (χ1) is 15.7. The number of sulfonamides is 1. The fraction of sp³-hybridized carbons (Fsp3) is 0.273. The highest BCUT2D eigenvalue weighted by Gasteiger charge is 2.27. The maximum atomic E-state index is 12.8. The first-order valence-corrected chi connectivity index (χ1v) is 12.5. The molecule has 9 nitrogen and oxygen atoms in total. The zero-order valence-electron chi connectivity index (χ0n) is 18.2. The van der Waals surface area contributed by atoms with Crippen LogP contribution in [0, 0.1) is 0 Å². The number of hydrogen-bond donors (Lipinski definition) is 2. The molecule has 11 heteroatoms. The zero-order valence-corrected chi connectivity index (χ0v) is 19.8. The Morgan fingerprint density at radius 3 is 2.61 bits per heavy atom. The molecule has 1 aliphatic rings. The standard InChI is InChI=1S/C22H24N4O5S2/c1-25-10-9-17-18(13-25)32-22(19(17)20(23)27)24-21(28)14-5-7-16(8-6-14)33(29,30)26(2)12-15-4-3-11-31-15/h3-8,11H,9-10,12-13H2,1-2H3,(H2,23,27)(H,24,28). The number of benzene rings is 1. The van der Waals surface area contributed by atoms with Crippen LogP contribution in [0.3, 0.4) is 0 Å². The van der Waals surface area contributed by atoms with Crippen molar-refractivity contribution < 1.29 is 22.4 Å². The summed E-state index contributed by atoms with van der Waals surface area (Å²) in [5.74, 6) is -0.502. The molecule has 1 aliphatic heterocycles. The van der Waals surface area contributed by atoms with Crippen LogP contribution in [0.25, 0.3) is 0 Å². The summed E-state index contributed by atoms with van der Waals surface area (Å²) in [6.07, 6.45) is 2.17. The van der Waals surface area contributed by atoms with E-state index in [9.17, 15) is 18.0 Å². The molecule has 3 aromatic rings. The number of hydrogen-bond acceptors (Lipinski definition) is 7. The van der Waals surface area contributed by atoms with Crippen molar-refractivity contribution in [2.45, 2.75) is 24.4 Å². The zero-order chi connectivity index (χ0) is 23.8. The number of likely N-dealkylation sites (N-methyl/N-ethyl adjacent to an activating group) is 1. The van der Waals surface area contributed by atoms with Gasteiger partial charge in [0, 0.05) is 30.6 Å². The number of primary amides is 1. The Hall–Kier alpha value is -2.99. The number of nitrogens with two attached hydrogens (primary N) is 1. The van der Waals surface area contributed by atoms with Crippen LogP contribution in [-0.4, -0.2) is 50.1 Å². The maximum absolute atomic E-state index is 12.8. The van der Waals surface area contributed by atoms with E-state index in [0.29, 0.717) is 29.3 Å². The minimum atomic E-state index is -3.76. The molecule has 1 aromatic carbocycles. The number of nitrogens with zero attached hydrogens (tertiary/aromatic N) is 2. The molecule has 3 N–H and O–H groups in total. The summed E-state index contributed by atoms with van der Waals surface area (Å²) < 4.78 is 32.0. The molecule has 0 fully saturated rings. The lowest BCUT2D eigenvalue weighted by Gasteiger charge is -2.22. The predicted octanol–water partition coefficient (Wildman–Crippen LogP) is 2.50. The van der Waals surface area contributed by atoms with Gasteiger partial charge in [-0.2, -0.15) is 4.31 Å². The Balaban J connectivity index is 1.52. The van der Waals surface area contributed by atoms with Crippen LogP contribution in [0.2, 0.25) is 0 Å². The van der Waals surface area contributed by atoms with Gasteiger partial charge in [0.25, 0.3) is 11.8 Å². The second-order valence-electron chi connectivity index (χ2n) is 7.88. The van der Waals surface area contributed by atoms with Crippen molar-refractivity contribution in [3.8, 4) is 0 Å². The summed E-state index contributed by atoms with van der Waals surface area (Å²) in [7, 11) is -0.313. The molecular weight excluding hydrogens is 464 g/mol. The molecule has 0 atom stereocenters. The van der Waals surface area contributed by atoms with Crippen molar-refractivity contribution in [2.24, 2.45) is 5.73 Å². The molecule has 3 heterocycles. The first-order valence-electron chi connectivity index (χ1n) is 10.2. The van der Waals surface area contributed by atoms with Crippen molar-refractivity contribution in [2.75, 3.05) is 26.0 Å². The van der Waals surface area contributed by atoms with Crippen LogP contribution in [0.5, 0.6) is 0 Å². The van der Waals surface area contributed by atoms with Crippen molar-refractivity contribution in [1.29, 1.82) is 0 Å². The van der Waals surface area contributed by atoms with Crippen molar-refractivity contribution in [1.82, 2.24) is 9.21 Å². The Bertz CT molecular complexity index is 1280. The molecule has 33 heavy (non-hydrogen) atoms. The summed E-state index contributed by atoms with van der Waals surface area (Å²) in [6.45, 7) is 1.58. The Morgan fingerprint density at radius 2 is 1.97 bits per heavy atom. The molecular formula is C22H24N4O5S2. The predicted molar refractivity (Wildman–Crippen MR) is 125 cm³/mol. The van der Waals surface area contributed by atoms with Crippen LogP contribution in [0.15, 0.2) is 52.0 Å². The van der Waals surface area contributed by atoms with E-state index in [4.69, 9.17) is 10.2 Å². The number of nitrogens with one attached hydrogen (secondary N) is 1. The van der Waals surface area contributed by atoms with E-state index < -0.39 is 21.8 Å². The van der Waals surface area contributed by atoms with Gasteiger partial charge in [-0.15, -0.1) is 11.3 Å². The fourth-order valence-corrected chi connectivity index (χ4v) is 6.19. The van der Waals surface area contributed by atoms with Gasteiger partial charge in [-0.3, -0.25) is 9.59 Å². The highest BCUT2D eigenvalue weighted by atomic mass is 32.2. The Morgan fingerprint density at radius 1 is 1.24 bits per heavy atom. The van der Waals surface area contributed by atoms with E-state index >= 15 is 0 Å². The number of furan rings is 1. The van der Waals surface area contributed by atoms with E-state index in [1.54, 1.807) is 12.1 Å². The lowest BCUT2D eigenvalue weighted by molar-refractivity contribution is 0.1000. The second kappa shape index (κ2) is 9.10. The molecule has 0 unspecified atom stereocenters. The molecule has 0 aliphatic carbocycles. The lowest BCUT2D eigenvalue weighted by Crippen LogP contribution is -2.27. The van der Waals surface area contributed by atoms with Crippen LogP contribution in [0.1, 0.15) is 36.9 Å². The lowest BCUT2D eigenvalue weighted by atomic mass is 10.0. The Kier molecular flexibility index (Phi) is 6.39. The van der Waals surface area contributed by atoms with E-state index in [1.165, 1.54) is 53.2 Å². The number of rotatable bonds is 7. The van der Waals surface area contributed by atoms with E-state index in [1.807, 2.05) is 7.05 Å². The third-order valence-corrected chi connectivity index (χ3v) is 8.45. The minimum absolute atomic E-state index is 0.0561. The Labute approximate surface area is 195 Å². The number of carbonyl (C=O) groups is 2. The van der Waals surface area contributed by atoms with E-state index in [-0.39, 0.29) is 17.0 Å². The molecule has 0 radical (unpaired) electrons. The smallest absolute Gasteiger partial charge is 0.256 e. The summed E-state index contributed by atoms with van der Waals surface area (Å²) in [5, 5.41) is 3.20. The normalized spacial score (nSPS) is 14.3. The van der Waals surface area contributed by atoms with Gasteiger partial charge in [0.05, 0.1) is 23.3 Å². The molecule has 0 bridgehead atoms. The second-order valence-corrected chi connectivity index (χ2v) is 11.0. The fourth-order valence-electron chi connectivity index (χ4n) is 3.72. The van der Waals surface area contributed by atoms with Gasteiger partial charge in [0.15, 0.2) is 0 Å². The SMILES string of the molecule is CN1CCc2c(sc(NC(=O)c3ccc(S(=O)(=O)N(C)Cc4ccco4)cc3)c2C(N)=O)C1. The number of thiophene rings is 1. The summed E-state index contributed by atoms with van der Waals surface area (Å²) >= 11 is 1.34.